The second kappa shape index (κ2) is 8.14. The third kappa shape index (κ3) is 4.31. The first kappa shape index (κ1) is 21.0. The highest BCUT2D eigenvalue weighted by molar-refractivity contribution is 8.00. The van der Waals surface area contributed by atoms with Crippen LogP contribution in [0.1, 0.15) is 36.8 Å². The van der Waals surface area contributed by atoms with Crippen molar-refractivity contribution < 1.29 is 0 Å². The van der Waals surface area contributed by atoms with Crippen molar-refractivity contribution in [3.05, 3.63) is 61.7 Å². The number of benzene rings is 1. The van der Waals surface area contributed by atoms with E-state index < -0.39 is 0 Å². The Labute approximate surface area is 188 Å². The van der Waals surface area contributed by atoms with Crippen LogP contribution in [-0.4, -0.2) is 20.1 Å². The number of hydrogen-bond acceptors (Lipinski definition) is 5. The quantitative estimate of drug-likeness (QED) is 0.325. The minimum absolute atomic E-state index is 0.0353. The first-order valence-electron chi connectivity index (χ1n) is 9.48. The van der Waals surface area contributed by atoms with Gasteiger partial charge in [0.15, 0.2) is 5.16 Å². The van der Waals surface area contributed by atoms with Gasteiger partial charge in [0.2, 0.25) is 0 Å². The second-order valence-electron chi connectivity index (χ2n) is 7.88. The van der Waals surface area contributed by atoms with E-state index in [2.05, 4.69) is 13.8 Å². The molecule has 0 saturated carbocycles. The molecule has 3 heterocycles. The number of aromatic nitrogens is 2. The third-order valence-electron chi connectivity index (χ3n) is 4.94. The summed E-state index contributed by atoms with van der Waals surface area (Å²) in [5.74, 6) is 1.62. The summed E-state index contributed by atoms with van der Waals surface area (Å²) in [6.07, 6.45) is 2.85. The van der Waals surface area contributed by atoms with Crippen molar-refractivity contribution in [2.75, 3.05) is 5.75 Å². The Morgan fingerprint density at radius 2 is 2.07 bits per heavy atom. The van der Waals surface area contributed by atoms with E-state index in [-0.39, 0.29) is 10.3 Å². The normalized spacial score (nSPS) is 16.2. The van der Waals surface area contributed by atoms with Crippen molar-refractivity contribution in [2.24, 2.45) is 0 Å². The summed E-state index contributed by atoms with van der Waals surface area (Å²) >= 11 is 11.2. The van der Waals surface area contributed by atoms with Crippen LogP contribution >= 0.6 is 46.5 Å². The molecule has 1 aliphatic rings. The van der Waals surface area contributed by atoms with Gasteiger partial charge in [0.1, 0.15) is 4.83 Å². The van der Waals surface area contributed by atoms with E-state index in [1.807, 2.05) is 56.0 Å². The number of hydrogen-bond donors (Lipinski definition) is 0. The van der Waals surface area contributed by atoms with E-state index in [0.29, 0.717) is 10.9 Å². The topological polar surface area (TPSA) is 34.9 Å². The minimum Gasteiger partial charge on any atom is -0.268 e. The third-order valence-corrected chi connectivity index (χ3v) is 8.63. The first-order chi connectivity index (χ1) is 13.7. The minimum atomic E-state index is 0.0353. The predicted octanol–water partition coefficient (Wildman–Crippen LogP) is 6.56. The van der Waals surface area contributed by atoms with Gasteiger partial charge < -0.3 is 0 Å². The van der Waals surface area contributed by atoms with Crippen molar-refractivity contribution in [2.45, 2.75) is 49.8 Å². The molecule has 3 nitrogen and oxygen atoms in total. The molecule has 2 aromatic heterocycles. The lowest BCUT2D eigenvalue weighted by Gasteiger charge is -2.28. The SMILES string of the molecule is C/C(Cl)=C\CSc1nc2sc3c(c2c(=O)n1-c1ccc(C)cc1)CC(C)(C)SC3. The van der Waals surface area contributed by atoms with Gasteiger partial charge in [-0.2, -0.15) is 0 Å². The zero-order valence-corrected chi connectivity index (χ0v) is 20.1. The Morgan fingerprint density at radius 3 is 2.76 bits per heavy atom. The molecule has 4 rings (SSSR count). The number of fused-ring (bicyclic) bond motifs is 3. The van der Waals surface area contributed by atoms with Crippen molar-refractivity contribution in [3.63, 3.8) is 0 Å². The Kier molecular flexibility index (Phi) is 5.90. The van der Waals surface area contributed by atoms with E-state index in [4.69, 9.17) is 16.6 Å². The average Bonchev–Trinajstić information content (AvgIpc) is 2.99. The van der Waals surface area contributed by atoms with Crippen LogP contribution in [0.25, 0.3) is 15.9 Å². The second-order valence-corrected chi connectivity index (χ2v) is 12.2. The summed E-state index contributed by atoms with van der Waals surface area (Å²) in [5.41, 5.74) is 3.25. The van der Waals surface area contributed by atoms with Gasteiger partial charge in [0.05, 0.1) is 11.1 Å². The first-order valence-corrected chi connectivity index (χ1v) is 12.6. The van der Waals surface area contributed by atoms with Gasteiger partial charge in [-0.3, -0.25) is 9.36 Å². The van der Waals surface area contributed by atoms with E-state index in [1.165, 1.54) is 10.4 Å². The van der Waals surface area contributed by atoms with E-state index >= 15 is 0 Å². The number of aryl methyl sites for hydroxylation is 1. The molecular formula is C22H23ClN2OS3. The Bertz CT molecular complexity index is 1160. The fraction of sp³-hybridized carbons (Fsp3) is 0.364. The molecule has 0 bridgehead atoms. The molecule has 152 valence electrons. The number of halogens is 1. The summed E-state index contributed by atoms with van der Waals surface area (Å²) in [7, 11) is 0. The maximum Gasteiger partial charge on any atom is 0.267 e. The number of thiophene rings is 1. The monoisotopic (exact) mass is 462 g/mol. The van der Waals surface area contributed by atoms with Crippen LogP contribution in [0.4, 0.5) is 0 Å². The van der Waals surface area contributed by atoms with E-state index in [1.54, 1.807) is 27.7 Å². The highest BCUT2D eigenvalue weighted by Gasteiger charge is 2.31. The van der Waals surface area contributed by atoms with Crippen LogP contribution < -0.4 is 5.56 Å². The molecule has 0 amide bonds. The molecule has 7 heteroatoms. The fourth-order valence-corrected chi connectivity index (χ4v) is 6.94. The van der Waals surface area contributed by atoms with Gasteiger partial charge in [0, 0.05) is 26.2 Å². The molecule has 1 aromatic carbocycles. The van der Waals surface area contributed by atoms with Crippen molar-refractivity contribution in [1.82, 2.24) is 9.55 Å². The number of rotatable bonds is 4. The molecule has 0 radical (unpaired) electrons. The molecule has 29 heavy (non-hydrogen) atoms. The highest BCUT2D eigenvalue weighted by Crippen LogP contribution is 2.44. The van der Waals surface area contributed by atoms with Crippen molar-refractivity contribution in [1.29, 1.82) is 0 Å². The number of nitrogens with zero attached hydrogens (tertiary/aromatic N) is 2. The Balaban J connectivity index is 1.93. The maximum atomic E-state index is 13.7. The molecule has 0 spiro atoms. The summed E-state index contributed by atoms with van der Waals surface area (Å²) in [6, 6.07) is 8.06. The van der Waals surface area contributed by atoms with E-state index in [0.717, 1.165) is 38.7 Å². The van der Waals surface area contributed by atoms with E-state index in [9.17, 15) is 4.79 Å². The zero-order chi connectivity index (χ0) is 20.8. The number of allylic oxidation sites excluding steroid dienone is 1. The lowest BCUT2D eigenvalue weighted by Crippen LogP contribution is -2.26. The van der Waals surface area contributed by atoms with Gasteiger partial charge in [-0.15, -0.1) is 23.1 Å². The summed E-state index contributed by atoms with van der Waals surface area (Å²) < 4.78 is 1.91. The highest BCUT2D eigenvalue weighted by atomic mass is 35.5. The predicted molar refractivity (Wildman–Crippen MR) is 129 cm³/mol. The summed E-state index contributed by atoms with van der Waals surface area (Å²) in [5, 5.41) is 2.26. The number of thioether (sulfide) groups is 2. The Hall–Kier alpha value is -1.21. The molecule has 3 aromatic rings. The lowest BCUT2D eigenvalue weighted by atomic mass is 10.00. The zero-order valence-electron chi connectivity index (χ0n) is 16.9. The van der Waals surface area contributed by atoms with Crippen molar-refractivity contribution >= 4 is 56.7 Å². The van der Waals surface area contributed by atoms with Crippen LogP contribution in [0, 0.1) is 6.92 Å². The van der Waals surface area contributed by atoms with Crippen molar-refractivity contribution in [3.8, 4) is 5.69 Å². The van der Waals surface area contributed by atoms with Gasteiger partial charge in [-0.05, 0) is 38.0 Å². The van der Waals surface area contributed by atoms with Crippen LogP contribution in [0.15, 0.2) is 45.3 Å². The van der Waals surface area contributed by atoms with Crippen LogP contribution in [0.5, 0.6) is 0 Å². The largest absolute Gasteiger partial charge is 0.268 e. The molecule has 0 aliphatic carbocycles. The van der Waals surface area contributed by atoms with Gasteiger partial charge in [0.25, 0.3) is 5.56 Å². The maximum absolute atomic E-state index is 13.7. The molecule has 0 unspecified atom stereocenters. The van der Waals surface area contributed by atoms with Crippen LogP contribution in [0.3, 0.4) is 0 Å². The average molecular weight is 463 g/mol. The molecule has 0 atom stereocenters. The summed E-state index contributed by atoms with van der Waals surface area (Å²) in [4.78, 5) is 20.8. The molecule has 1 aliphatic heterocycles. The molecule has 0 N–H and O–H groups in total. The fourth-order valence-electron chi connectivity index (χ4n) is 3.42. The molecular weight excluding hydrogens is 440 g/mol. The Morgan fingerprint density at radius 1 is 1.34 bits per heavy atom. The molecule has 0 fully saturated rings. The standard InChI is InChI=1S/C22H23ClN2OS3/c1-13-5-7-15(8-6-13)25-20(26)18-16-11-22(3,4)28-12-17(16)29-19(18)24-21(25)27-10-9-14(2)23/h5-9H,10-12H2,1-4H3/b14-9+. The smallest absolute Gasteiger partial charge is 0.267 e. The van der Waals surface area contributed by atoms with Gasteiger partial charge in [-0.1, -0.05) is 61.0 Å². The van der Waals surface area contributed by atoms with Crippen LogP contribution in [-0.2, 0) is 12.2 Å². The molecule has 0 saturated heterocycles. The van der Waals surface area contributed by atoms with Gasteiger partial charge in [-0.25, -0.2) is 4.98 Å². The summed E-state index contributed by atoms with van der Waals surface area (Å²) in [6.45, 7) is 8.41. The lowest BCUT2D eigenvalue weighted by molar-refractivity contribution is 0.698. The van der Waals surface area contributed by atoms with Gasteiger partial charge >= 0.3 is 0 Å². The van der Waals surface area contributed by atoms with Crippen LogP contribution in [0.2, 0.25) is 0 Å².